The minimum Gasteiger partial charge on any atom is -0.250 e. The van der Waals surface area contributed by atoms with Crippen LogP contribution in [0.4, 0.5) is 0 Å². The molecule has 1 atom stereocenters. The van der Waals surface area contributed by atoms with E-state index in [9.17, 15) is 8.42 Å². The van der Waals surface area contributed by atoms with Crippen LogP contribution in [0.1, 0.15) is 29.4 Å². The molecule has 28 heavy (non-hydrogen) atoms. The predicted molar refractivity (Wildman–Crippen MR) is 104 cm³/mol. The second-order valence-electron chi connectivity index (χ2n) is 6.48. The number of benzene rings is 2. The van der Waals surface area contributed by atoms with Gasteiger partial charge in [0.15, 0.2) is 15.7 Å². The zero-order chi connectivity index (χ0) is 19.7. The highest BCUT2D eigenvalue weighted by molar-refractivity contribution is 7.90. The number of hydrogen-bond donors (Lipinski definition) is 0. The molecule has 1 unspecified atom stereocenters. The molecule has 0 saturated heterocycles. The third kappa shape index (κ3) is 3.36. The van der Waals surface area contributed by atoms with Crippen molar-refractivity contribution in [2.75, 3.05) is 0 Å². The number of rotatable bonds is 5. The number of hydrogen-bond acceptors (Lipinski definition) is 7. The lowest BCUT2D eigenvalue weighted by Gasteiger charge is -2.14. The zero-order valence-electron chi connectivity index (χ0n) is 15.4. The van der Waals surface area contributed by atoms with Gasteiger partial charge < -0.3 is 0 Å². The molecule has 0 bridgehead atoms. The van der Waals surface area contributed by atoms with Crippen molar-refractivity contribution in [1.82, 2.24) is 30.2 Å². The van der Waals surface area contributed by atoms with Crippen LogP contribution in [0.15, 0.2) is 54.6 Å². The maximum absolute atomic E-state index is 13.1. The van der Waals surface area contributed by atoms with Gasteiger partial charge in [0.05, 0.1) is 33.9 Å². The molecule has 0 aliphatic heterocycles. The van der Waals surface area contributed by atoms with Gasteiger partial charge in [0.1, 0.15) is 5.25 Å². The molecule has 0 fully saturated rings. The van der Waals surface area contributed by atoms with E-state index in [0.717, 1.165) is 5.52 Å². The van der Waals surface area contributed by atoms with Crippen molar-refractivity contribution in [3.05, 3.63) is 71.8 Å². The number of para-hydroxylation sites is 3. The summed E-state index contributed by atoms with van der Waals surface area (Å²) in [5, 5.41) is 10.7. The summed E-state index contributed by atoms with van der Waals surface area (Å²) in [6.45, 7) is 3.35. The molecule has 0 amide bonds. The van der Waals surface area contributed by atoms with Crippen molar-refractivity contribution in [3.63, 3.8) is 0 Å². The summed E-state index contributed by atoms with van der Waals surface area (Å²) in [7, 11) is -3.62. The average Bonchev–Trinajstić information content (AvgIpc) is 3.18. The maximum Gasteiger partial charge on any atom is 0.174 e. The molecule has 8 nitrogen and oxygen atoms in total. The van der Waals surface area contributed by atoms with E-state index in [1.807, 2.05) is 54.6 Å². The van der Waals surface area contributed by atoms with E-state index in [0.29, 0.717) is 22.6 Å². The van der Waals surface area contributed by atoms with E-state index >= 15 is 0 Å². The molecule has 2 heterocycles. The Bertz CT molecular complexity index is 1240. The van der Waals surface area contributed by atoms with Crippen molar-refractivity contribution in [2.45, 2.75) is 24.9 Å². The largest absolute Gasteiger partial charge is 0.250 e. The summed E-state index contributed by atoms with van der Waals surface area (Å²) >= 11 is 0. The predicted octanol–water partition coefficient (Wildman–Crippen LogP) is 2.59. The number of aryl methyl sites for hydroxylation is 1. The van der Waals surface area contributed by atoms with Crippen molar-refractivity contribution in [1.29, 1.82) is 0 Å². The Morgan fingerprint density at radius 2 is 1.61 bits per heavy atom. The molecule has 2 aromatic carbocycles. The molecule has 0 spiro atoms. The Balaban J connectivity index is 1.68. The van der Waals surface area contributed by atoms with Crippen LogP contribution in [0.5, 0.6) is 0 Å². The highest BCUT2D eigenvalue weighted by Crippen LogP contribution is 2.25. The van der Waals surface area contributed by atoms with Crippen molar-refractivity contribution in [3.8, 4) is 5.69 Å². The minimum absolute atomic E-state index is 0.237. The number of aromatic nitrogens is 6. The van der Waals surface area contributed by atoms with Gasteiger partial charge in [-0.2, -0.15) is 4.68 Å². The first-order chi connectivity index (χ1) is 13.5. The van der Waals surface area contributed by atoms with E-state index in [1.54, 1.807) is 13.8 Å². The summed E-state index contributed by atoms with van der Waals surface area (Å²) in [4.78, 5) is 8.98. The Hall–Kier alpha value is -3.20. The number of fused-ring (bicyclic) bond motifs is 1. The van der Waals surface area contributed by atoms with Gasteiger partial charge in [0.25, 0.3) is 0 Å². The van der Waals surface area contributed by atoms with Gasteiger partial charge in [0, 0.05) is 0 Å². The van der Waals surface area contributed by atoms with Gasteiger partial charge in [-0.15, -0.1) is 5.10 Å². The maximum atomic E-state index is 13.1. The third-order valence-corrected chi connectivity index (χ3v) is 6.54. The van der Waals surface area contributed by atoms with Crippen LogP contribution in [-0.2, 0) is 15.6 Å². The topological polar surface area (TPSA) is 104 Å². The summed E-state index contributed by atoms with van der Waals surface area (Å²) < 4.78 is 27.6. The van der Waals surface area contributed by atoms with Crippen LogP contribution < -0.4 is 0 Å². The first kappa shape index (κ1) is 18.2. The molecule has 9 heteroatoms. The quantitative estimate of drug-likeness (QED) is 0.512. The Morgan fingerprint density at radius 1 is 0.964 bits per heavy atom. The zero-order valence-corrected chi connectivity index (χ0v) is 16.2. The Morgan fingerprint density at radius 3 is 2.32 bits per heavy atom. The molecule has 142 valence electrons. The second-order valence-corrected chi connectivity index (χ2v) is 8.80. The first-order valence-corrected chi connectivity index (χ1v) is 10.4. The van der Waals surface area contributed by atoms with Crippen LogP contribution in [0.2, 0.25) is 0 Å². The van der Waals surface area contributed by atoms with E-state index in [1.165, 1.54) is 4.68 Å². The Kier molecular flexibility index (Phi) is 4.60. The van der Waals surface area contributed by atoms with Gasteiger partial charge in [-0.3, -0.25) is 0 Å². The van der Waals surface area contributed by atoms with Crippen LogP contribution in [0.3, 0.4) is 0 Å². The van der Waals surface area contributed by atoms with Gasteiger partial charge in [-0.05, 0) is 48.5 Å². The van der Waals surface area contributed by atoms with Crippen LogP contribution in [0, 0.1) is 6.92 Å². The summed E-state index contributed by atoms with van der Waals surface area (Å²) in [5.41, 5.74) is 3.13. The van der Waals surface area contributed by atoms with Gasteiger partial charge in [0.2, 0.25) is 0 Å². The normalized spacial score (nSPS) is 12.9. The number of nitrogens with zero attached hydrogens (tertiary/aromatic N) is 6. The first-order valence-electron chi connectivity index (χ1n) is 8.73. The molecule has 0 radical (unpaired) electrons. The van der Waals surface area contributed by atoms with E-state index < -0.39 is 15.1 Å². The fourth-order valence-corrected chi connectivity index (χ4v) is 4.31. The third-order valence-electron chi connectivity index (χ3n) is 4.58. The number of sulfone groups is 1. The highest BCUT2D eigenvalue weighted by Gasteiger charge is 2.30. The molecular weight excluding hydrogens is 376 g/mol. The highest BCUT2D eigenvalue weighted by atomic mass is 32.2. The molecule has 4 rings (SSSR count). The summed E-state index contributed by atoms with van der Waals surface area (Å²) in [6.07, 6.45) is 0. The van der Waals surface area contributed by atoms with Gasteiger partial charge in [-0.25, -0.2) is 18.4 Å². The molecule has 0 saturated carbocycles. The minimum atomic E-state index is -3.62. The SMILES string of the molecule is Cc1nc2ccccc2nc1CS(=O)(=O)C(C)c1nnnn1-c1ccccc1. The lowest BCUT2D eigenvalue weighted by atomic mass is 10.2. The number of tetrazole rings is 1. The molecular formula is C19H18N6O2S. The van der Waals surface area contributed by atoms with E-state index in [2.05, 4.69) is 25.5 Å². The summed E-state index contributed by atoms with van der Waals surface area (Å²) in [6, 6.07) is 16.6. The fraction of sp³-hybridized carbons (Fsp3) is 0.211. The standard InChI is InChI=1S/C19H18N6O2S/c1-13-18(21-17-11-7-6-10-16(17)20-13)12-28(26,27)14(2)19-22-23-24-25(19)15-8-4-3-5-9-15/h3-11,14H,12H2,1-2H3. The molecule has 0 aliphatic carbocycles. The van der Waals surface area contributed by atoms with Gasteiger partial charge >= 0.3 is 0 Å². The average molecular weight is 394 g/mol. The molecule has 0 aliphatic rings. The molecule has 4 aromatic rings. The lowest BCUT2D eigenvalue weighted by Crippen LogP contribution is -2.18. The lowest BCUT2D eigenvalue weighted by molar-refractivity contribution is 0.579. The van der Waals surface area contributed by atoms with Crippen molar-refractivity contribution >= 4 is 20.9 Å². The fourth-order valence-electron chi connectivity index (χ4n) is 2.94. The van der Waals surface area contributed by atoms with Gasteiger partial charge in [-0.1, -0.05) is 30.3 Å². The van der Waals surface area contributed by atoms with E-state index in [-0.39, 0.29) is 11.6 Å². The second kappa shape index (κ2) is 7.08. The smallest absolute Gasteiger partial charge is 0.174 e. The van der Waals surface area contributed by atoms with Crippen LogP contribution in [-0.4, -0.2) is 38.6 Å². The van der Waals surface area contributed by atoms with Crippen molar-refractivity contribution in [2.24, 2.45) is 0 Å². The van der Waals surface area contributed by atoms with E-state index in [4.69, 9.17) is 0 Å². The summed E-state index contributed by atoms with van der Waals surface area (Å²) in [5.74, 6) is 0.0250. The van der Waals surface area contributed by atoms with Crippen LogP contribution in [0.25, 0.3) is 16.7 Å². The molecule has 2 aromatic heterocycles. The van der Waals surface area contributed by atoms with Crippen molar-refractivity contribution < 1.29 is 8.42 Å². The Labute approximate surface area is 162 Å². The monoisotopic (exact) mass is 394 g/mol. The molecule has 0 N–H and O–H groups in total. The van der Waals surface area contributed by atoms with Crippen LogP contribution >= 0.6 is 0 Å².